The first-order valence-electron chi connectivity index (χ1n) is 3.60. The van der Waals surface area contributed by atoms with Crippen LogP contribution in [0.4, 0.5) is 0 Å². The van der Waals surface area contributed by atoms with Gasteiger partial charge >= 0.3 is 0 Å². The van der Waals surface area contributed by atoms with Gasteiger partial charge in [0.1, 0.15) is 4.90 Å². The molecule has 0 unspecified atom stereocenters. The summed E-state index contributed by atoms with van der Waals surface area (Å²) in [5, 5.41) is 0.115. The Bertz CT molecular complexity index is 464. The lowest BCUT2D eigenvalue weighted by molar-refractivity contribution is 0.585. The molecule has 74 valence electrons. The maximum Gasteiger partial charge on any atom is 0.244 e. The van der Waals surface area contributed by atoms with Crippen LogP contribution in [-0.2, 0) is 10.0 Å². The maximum atomic E-state index is 11.5. The first-order chi connectivity index (χ1) is 6.58. The minimum absolute atomic E-state index is 0.0723. The highest BCUT2D eigenvalue weighted by atomic mass is 35.5. The zero-order chi connectivity index (χ0) is 10.6. The van der Waals surface area contributed by atoms with E-state index in [0.29, 0.717) is 0 Å². The van der Waals surface area contributed by atoms with Gasteiger partial charge in [-0.2, -0.15) is 4.72 Å². The van der Waals surface area contributed by atoms with Crippen molar-refractivity contribution in [2.75, 3.05) is 6.54 Å². The van der Waals surface area contributed by atoms with Gasteiger partial charge in [0, 0.05) is 12.4 Å². The first-order valence-corrected chi connectivity index (χ1v) is 5.46. The van der Waals surface area contributed by atoms with Crippen LogP contribution in [-0.4, -0.2) is 19.9 Å². The second-order valence-corrected chi connectivity index (χ2v) is 4.48. The molecule has 0 fully saturated rings. The van der Waals surface area contributed by atoms with Crippen molar-refractivity contribution in [3.63, 3.8) is 0 Å². The fourth-order valence-electron chi connectivity index (χ4n) is 0.775. The number of nitrogens with zero attached hydrogens (tertiary/aromatic N) is 1. The summed E-state index contributed by atoms with van der Waals surface area (Å²) in [5.41, 5.74) is 0. The van der Waals surface area contributed by atoms with Crippen LogP contribution >= 0.6 is 11.6 Å². The SMILES string of the molecule is C#CCNS(=O)(=O)c1cnccc1Cl. The highest BCUT2D eigenvalue weighted by molar-refractivity contribution is 7.89. The third kappa shape index (κ3) is 2.45. The van der Waals surface area contributed by atoms with E-state index in [-0.39, 0.29) is 16.5 Å². The minimum Gasteiger partial charge on any atom is -0.263 e. The molecule has 1 N–H and O–H groups in total. The Kier molecular flexibility index (Phi) is 3.47. The number of halogens is 1. The Labute approximate surface area is 87.4 Å². The summed E-state index contributed by atoms with van der Waals surface area (Å²) >= 11 is 5.68. The summed E-state index contributed by atoms with van der Waals surface area (Å²) in [5.74, 6) is 2.16. The number of aromatic nitrogens is 1. The smallest absolute Gasteiger partial charge is 0.244 e. The molecular weight excluding hydrogens is 224 g/mol. The Balaban J connectivity index is 3.06. The summed E-state index contributed by atoms with van der Waals surface area (Å²) in [6.45, 7) is -0.0758. The van der Waals surface area contributed by atoms with Crippen LogP contribution in [0.15, 0.2) is 23.4 Å². The Hall–Kier alpha value is -1.09. The molecule has 0 amide bonds. The van der Waals surface area contributed by atoms with Gasteiger partial charge in [-0.3, -0.25) is 4.98 Å². The van der Waals surface area contributed by atoms with Gasteiger partial charge in [-0.25, -0.2) is 8.42 Å². The molecule has 0 atom stereocenters. The average Bonchev–Trinajstić information content (AvgIpc) is 2.15. The average molecular weight is 231 g/mol. The molecule has 1 rings (SSSR count). The number of pyridine rings is 1. The normalized spacial score (nSPS) is 10.9. The lowest BCUT2D eigenvalue weighted by atomic mass is 10.5. The van der Waals surface area contributed by atoms with Crippen LogP contribution in [0.25, 0.3) is 0 Å². The molecule has 0 bridgehead atoms. The van der Waals surface area contributed by atoms with E-state index in [1.54, 1.807) is 0 Å². The van der Waals surface area contributed by atoms with Crippen LogP contribution in [0.3, 0.4) is 0 Å². The summed E-state index contributed by atoms with van der Waals surface area (Å²) in [4.78, 5) is 3.59. The second-order valence-electron chi connectivity index (χ2n) is 2.33. The molecule has 0 saturated carbocycles. The van der Waals surface area contributed by atoms with E-state index < -0.39 is 10.0 Å². The van der Waals surface area contributed by atoms with Gasteiger partial charge in [-0.15, -0.1) is 6.42 Å². The number of nitrogens with one attached hydrogen (secondary N) is 1. The van der Waals surface area contributed by atoms with Crippen LogP contribution < -0.4 is 4.72 Å². The molecule has 1 aromatic rings. The third-order valence-electron chi connectivity index (χ3n) is 1.39. The van der Waals surface area contributed by atoms with Crippen molar-refractivity contribution in [3.8, 4) is 12.3 Å². The van der Waals surface area contributed by atoms with Crippen molar-refractivity contribution >= 4 is 21.6 Å². The van der Waals surface area contributed by atoms with E-state index in [2.05, 4.69) is 15.6 Å². The van der Waals surface area contributed by atoms with Gasteiger partial charge < -0.3 is 0 Å². The molecule has 0 aliphatic carbocycles. The third-order valence-corrected chi connectivity index (χ3v) is 3.26. The lowest BCUT2D eigenvalue weighted by Crippen LogP contribution is -2.24. The van der Waals surface area contributed by atoms with Crippen LogP contribution in [0.1, 0.15) is 0 Å². The summed E-state index contributed by atoms with van der Waals surface area (Å²) < 4.78 is 25.1. The molecule has 1 heterocycles. The van der Waals surface area contributed by atoms with Crippen molar-refractivity contribution < 1.29 is 8.42 Å². The highest BCUT2D eigenvalue weighted by Gasteiger charge is 2.16. The molecule has 14 heavy (non-hydrogen) atoms. The first kappa shape index (κ1) is 11.0. The Morgan fingerprint density at radius 1 is 1.64 bits per heavy atom. The largest absolute Gasteiger partial charge is 0.263 e. The van der Waals surface area contributed by atoms with Crippen molar-refractivity contribution in [1.29, 1.82) is 0 Å². The van der Waals surface area contributed by atoms with Gasteiger partial charge in [-0.1, -0.05) is 17.5 Å². The molecule has 6 heteroatoms. The van der Waals surface area contributed by atoms with Crippen molar-refractivity contribution in [3.05, 3.63) is 23.5 Å². The zero-order valence-electron chi connectivity index (χ0n) is 7.07. The van der Waals surface area contributed by atoms with Gasteiger partial charge in [0.2, 0.25) is 10.0 Å². The molecule has 0 aromatic carbocycles. The standard InChI is InChI=1S/C8H7ClN2O2S/c1-2-4-11-14(12,13)8-6-10-5-3-7(8)9/h1,3,5-6,11H,4H2. The van der Waals surface area contributed by atoms with E-state index in [1.807, 2.05) is 0 Å². The number of hydrogen-bond acceptors (Lipinski definition) is 3. The molecule has 0 saturated heterocycles. The van der Waals surface area contributed by atoms with Crippen LogP contribution in [0.5, 0.6) is 0 Å². The number of sulfonamides is 1. The van der Waals surface area contributed by atoms with Crippen LogP contribution in [0, 0.1) is 12.3 Å². The zero-order valence-corrected chi connectivity index (χ0v) is 8.64. The molecule has 0 aliphatic rings. The minimum atomic E-state index is -3.64. The van der Waals surface area contributed by atoms with Gasteiger partial charge in [0.15, 0.2) is 0 Å². The van der Waals surface area contributed by atoms with E-state index in [0.717, 1.165) is 0 Å². The summed E-state index contributed by atoms with van der Waals surface area (Å²) in [6, 6.07) is 1.39. The predicted molar refractivity (Wildman–Crippen MR) is 53.3 cm³/mol. The number of rotatable bonds is 3. The molecule has 0 radical (unpaired) electrons. The highest BCUT2D eigenvalue weighted by Crippen LogP contribution is 2.18. The molecule has 0 aliphatic heterocycles. The maximum absolute atomic E-state index is 11.5. The number of hydrogen-bond donors (Lipinski definition) is 1. The van der Waals surface area contributed by atoms with E-state index in [9.17, 15) is 8.42 Å². The molecular formula is C8H7ClN2O2S. The fourth-order valence-corrected chi connectivity index (χ4v) is 2.14. The van der Waals surface area contributed by atoms with E-state index in [4.69, 9.17) is 18.0 Å². The van der Waals surface area contributed by atoms with Gasteiger partial charge in [-0.05, 0) is 6.07 Å². The van der Waals surface area contributed by atoms with Crippen molar-refractivity contribution in [1.82, 2.24) is 9.71 Å². The van der Waals surface area contributed by atoms with Crippen molar-refractivity contribution in [2.45, 2.75) is 4.90 Å². The Morgan fingerprint density at radius 3 is 2.93 bits per heavy atom. The van der Waals surface area contributed by atoms with Crippen molar-refractivity contribution in [2.24, 2.45) is 0 Å². The molecule has 4 nitrogen and oxygen atoms in total. The van der Waals surface area contributed by atoms with E-state index >= 15 is 0 Å². The van der Waals surface area contributed by atoms with Gasteiger partial charge in [0.25, 0.3) is 0 Å². The van der Waals surface area contributed by atoms with Crippen LogP contribution in [0.2, 0.25) is 5.02 Å². The quantitative estimate of drug-likeness (QED) is 0.776. The fraction of sp³-hybridized carbons (Fsp3) is 0.125. The number of terminal acetylenes is 1. The molecule has 1 aromatic heterocycles. The van der Waals surface area contributed by atoms with Gasteiger partial charge in [0.05, 0.1) is 11.6 Å². The summed E-state index contributed by atoms with van der Waals surface area (Å²) in [7, 11) is -3.64. The lowest BCUT2D eigenvalue weighted by Gasteiger charge is -2.04. The summed E-state index contributed by atoms with van der Waals surface area (Å²) in [6.07, 6.45) is 7.50. The Morgan fingerprint density at radius 2 is 2.36 bits per heavy atom. The predicted octanol–water partition coefficient (Wildman–Crippen LogP) is 0.646. The topological polar surface area (TPSA) is 59.1 Å². The molecule has 0 spiro atoms. The monoisotopic (exact) mass is 230 g/mol. The van der Waals surface area contributed by atoms with E-state index in [1.165, 1.54) is 18.5 Å². The second kappa shape index (κ2) is 4.42.